The predicted molar refractivity (Wildman–Crippen MR) is 146 cm³/mol. The highest BCUT2D eigenvalue weighted by Crippen LogP contribution is 2.47. The van der Waals surface area contributed by atoms with Gasteiger partial charge in [0.2, 0.25) is 5.88 Å². The van der Waals surface area contributed by atoms with E-state index in [0.29, 0.717) is 11.3 Å². The number of hydrogen-bond acceptors (Lipinski definition) is 5. The lowest BCUT2D eigenvalue weighted by atomic mass is 9.90. The van der Waals surface area contributed by atoms with Crippen molar-refractivity contribution in [3.05, 3.63) is 126 Å². The van der Waals surface area contributed by atoms with Crippen LogP contribution in [0.3, 0.4) is 0 Å². The van der Waals surface area contributed by atoms with Gasteiger partial charge in [-0.05, 0) is 43.3 Å². The van der Waals surface area contributed by atoms with Crippen LogP contribution in [0.2, 0.25) is 0 Å². The number of para-hydroxylation sites is 3. The Morgan fingerprint density at radius 3 is 1.81 bits per heavy atom. The van der Waals surface area contributed by atoms with Gasteiger partial charge in [0.05, 0.1) is 16.2 Å². The number of nitrogens with zero attached hydrogens (tertiary/aromatic N) is 2. The number of sulfonamides is 1. The minimum absolute atomic E-state index is 0.0766. The van der Waals surface area contributed by atoms with Gasteiger partial charge < -0.3 is 9.64 Å². The summed E-state index contributed by atoms with van der Waals surface area (Å²) in [7, 11) is -2.24. The van der Waals surface area contributed by atoms with Gasteiger partial charge >= 0.3 is 5.97 Å². The Morgan fingerprint density at radius 1 is 0.757 bits per heavy atom. The average molecular weight is 511 g/mol. The number of benzene rings is 4. The lowest BCUT2D eigenvalue weighted by molar-refractivity contribution is -0.136. The van der Waals surface area contributed by atoms with E-state index in [2.05, 4.69) is 0 Å². The molecule has 0 aromatic heterocycles. The summed E-state index contributed by atoms with van der Waals surface area (Å²) in [5.41, 5.74) is 5.02. The molecule has 7 heteroatoms. The Hall–Kier alpha value is -4.36. The van der Waals surface area contributed by atoms with Crippen LogP contribution in [0.25, 0.3) is 5.57 Å². The molecule has 0 amide bonds. The van der Waals surface area contributed by atoms with Gasteiger partial charge in [0.1, 0.15) is 0 Å². The number of anilines is 3. The van der Waals surface area contributed by atoms with Gasteiger partial charge in [-0.1, -0.05) is 72.3 Å². The summed E-state index contributed by atoms with van der Waals surface area (Å²) >= 11 is 0. The molecule has 0 saturated heterocycles. The van der Waals surface area contributed by atoms with Crippen molar-refractivity contribution in [1.82, 2.24) is 0 Å². The van der Waals surface area contributed by atoms with E-state index in [1.165, 1.54) is 6.92 Å². The number of ether oxygens (including phenoxy) is 1. The summed E-state index contributed by atoms with van der Waals surface area (Å²) in [6, 6.07) is 30.6. The maximum absolute atomic E-state index is 14.3. The molecule has 0 radical (unpaired) electrons. The van der Waals surface area contributed by atoms with Crippen molar-refractivity contribution in [1.29, 1.82) is 0 Å². The van der Waals surface area contributed by atoms with E-state index in [1.807, 2.05) is 67.4 Å². The van der Waals surface area contributed by atoms with Crippen LogP contribution >= 0.6 is 0 Å². The first-order chi connectivity index (χ1) is 17.8. The fourth-order valence-corrected chi connectivity index (χ4v) is 5.97. The molecule has 4 aromatic carbocycles. The van der Waals surface area contributed by atoms with Crippen LogP contribution in [-0.4, -0.2) is 21.4 Å². The number of hydrogen-bond donors (Lipinski definition) is 0. The van der Waals surface area contributed by atoms with Crippen molar-refractivity contribution in [2.45, 2.75) is 18.7 Å². The second kappa shape index (κ2) is 9.59. The summed E-state index contributed by atoms with van der Waals surface area (Å²) in [6.45, 7) is 3.17. The predicted octanol–water partition coefficient (Wildman–Crippen LogP) is 6.25. The Balaban J connectivity index is 1.90. The van der Waals surface area contributed by atoms with Crippen LogP contribution in [0.1, 0.15) is 23.6 Å². The summed E-state index contributed by atoms with van der Waals surface area (Å²) in [4.78, 5) is 14.7. The zero-order valence-corrected chi connectivity index (χ0v) is 21.6. The van der Waals surface area contributed by atoms with Crippen LogP contribution in [0.15, 0.2) is 114 Å². The van der Waals surface area contributed by atoms with Gasteiger partial charge in [-0.25, -0.2) is 12.7 Å². The SMILES string of the molecule is CC(=O)OC(=C1c2ccccc2N(C)c2ccccc21)N(c1ccccc1)S(=O)(=O)c1ccc(C)cc1. The highest BCUT2D eigenvalue weighted by molar-refractivity contribution is 7.93. The molecule has 0 aliphatic carbocycles. The van der Waals surface area contributed by atoms with Crippen LogP contribution in [0.4, 0.5) is 17.1 Å². The Morgan fingerprint density at radius 2 is 1.27 bits per heavy atom. The molecule has 0 atom stereocenters. The molecule has 4 aromatic rings. The molecule has 1 aliphatic rings. The van der Waals surface area contributed by atoms with Crippen LogP contribution in [0, 0.1) is 6.92 Å². The van der Waals surface area contributed by atoms with E-state index >= 15 is 0 Å². The Kier molecular flexibility index (Phi) is 6.31. The first-order valence-electron chi connectivity index (χ1n) is 11.8. The summed E-state index contributed by atoms with van der Waals surface area (Å²) in [5.74, 6) is -0.705. The van der Waals surface area contributed by atoms with Crippen molar-refractivity contribution in [2.75, 3.05) is 16.3 Å². The van der Waals surface area contributed by atoms with Crippen molar-refractivity contribution >= 4 is 38.6 Å². The molecule has 5 rings (SSSR count). The second-order valence-electron chi connectivity index (χ2n) is 8.79. The van der Waals surface area contributed by atoms with E-state index in [9.17, 15) is 13.2 Å². The molecule has 0 fully saturated rings. The normalized spacial score (nSPS) is 12.4. The lowest BCUT2D eigenvalue weighted by Gasteiger charge is -2.34. The number of esters is 1. The van der Waals surface area contributed by atoms with Crippen molar-refractivity contribution in [3.8, 4) is 0 Å². The molecule has 37 heavy (non-hydrogen) atoms. The highest BCUT2D eigenvalue weighted by atomic mass is 32.2. The molecule has 0 spiro atoms. The average Bonchev–Trinajstić information content (AvgIpc) is 2.89. The number of fused-ring (bicyclic) bond motifs is 2. The summed E-state index contributed by atoms with van der Waals surface area (Å²) in [6.07, 6.45) is 0. The van der Waals surface area contributed by atoms with Gasteiger partial charge in [-0.3, -0.25) is 4.79 Å². The number of aryl methyl sites for hydroxylation is 1. The molecular weight excluding hydrogens is 484 g/mol. The van der Waals surface area contributed by atoms with Crippen LogP contribution < -0.4 is 9.21 Å². The quantitative estimate of drug-likeness (QED) is 0.234. The first-order valence-corrected chi connectivity index (χ1v) is 13.3. The zero-order valence-electron chi connectivity index (χ0n) is 20.8. The van der Waals surface area contributed by atoms with E-state index in [0.717, 1.165) is 32.4 Å². The molecule has 1 aliphatic heterocycles. The molecule has 0 unspecified atom stereocenters. The Labute approximate surface area is 217 Å². The van der Waals surface area contributed by atoms with Gasteiger partial charge in [-0.2, -0.15) is 0 Å². The second-order valence-corrected chi connectivity index (χ2v) is 10.6. The molecule has 0 bridgehead atoms. The molecule has 1 heterocycles. The fraction of sp³-hybridized carbons (Fsp3) is 0.100. The maximum atomic E-state index is 14.3. The first kappa shape index (κ1) is 24.3. The standard InChI is InChI=1S/C30H26N2O4S/c1-21-17-19-24(20-18-21)37(34,35)32(23-11-5-4-6-12-23)30(36-22(2)33)29-25-13-7-9-15-27(25)31(3)28-16-10-8-14-26(28)29/h4-20H,1-3H3. The highest BCUT2D eigenvalue weighted by Gasteiger charge is 2.36. The summed E-state index contributed by atoms with van der Waals surface area (Å²) in [5, 5.41) is 0. The number of rotatable bonds is 5. The van der Waals surface area contributed by atoms with Crippen molar-refractivity contribution in [2.24, 2.45) is 0 Å². The molecule has 186 valence electrons. The Bertz CT molecular complexity index is 1560. The van der Waals surface area contributed by atoms with Crippen molar-refractivity contribution in [3.63, 3.8) is 0 Å². The number of carbonyl (C=O) groups is 1. The lowest BCUT2D eigenvalue weighted by Crippen LogP contribution is -2.34. The smallest absolute Gasteiger partial charge is 0.309 e. The van der Waals surface area contributed by atoms with Gasteiger partial charge in [0.25, 0.3) is 10.0 Å². The van der Waals surface area contributed by atoms with E-state index in [4.69, 9.17) is 4.74 Å². The van der Waals surface area contributed by atoms with Gasteiger partial charge in [0, 0.05) is 36.5 Å². The fourth-order valence-electron chi connectivity index (χ4n) is 4.53. The van der Waals surface area contributed by atoms with Gasteiger partial charge in [-0.15, -0.1) is 0 Å². The molecule has 6 nitrogen and oxygen atoms in total. The van der Waals surface area contributed by atoms with Gasteiger partial charge in [0.15, 0.2) is 0 Å². The third kappa shape index (κ3) is 4.38. The molecular formula is C30H26N2O4S. The molecule has 0 saturated carbocycles. The largest absolute Gasteiger partial charge is 0.408 e. The minimum atomic E-state index is -4.20. The topological polar surface area (TPSA) is 66.9 Å². The van der Waals surface area contributed by atoms with E-state index in [1.54, 1.807) is 54.6 Å². The van der Waals surface area contributed by atoms with Crippen LogP contribution in [-0.2, 0) is 19.6 Å². The van der Waals surface area contributed by atoms with Crippen LogP contribution in [0.5, 0.6) is 0 Å². The number of carbonyl (C=O) groups excluding carboxylic acids is 1. The third-order valence-electron chi connectivity index (χ3n) is 6.26. The third-order valence-corrected chi connectivity index (χ3v) is 7.98. The van der Waals surface area contributed by atoms with Crippen molar-refractivity contribution < 1.29 is 17.9 Å². The van der Waals surface area contributed by atoms with E-state index < -0.39 is 16.0 Å². The van der Waals surface area contributed by atoms with E-state index in [-0.39, 0.29) is 10.8 Å². The maximum Gasteiger partial charge on any atom is 0.309 e. The summed E-state index contributed by atoms with van der Waals surface area (Å²) < 4.78 is 35.6. The zero-order chi connectivity index (χ0) is 26.2. The minimum Gasteiger partial charge on any atom is -0.408 e. The monoisotopic (exact) mass is 510 g/mol. The molecule has 0 N–H and O–H groups in total.